The maximum Gasteiger partial charge on any atom is 0.191 e. The largest absolute Gasteiger partial charge is 0.397 e. The highest BCUT2D eigenvalue weighted by Gasteiger charge is 2.40. The minimum Gasteiger partial charge on any atom is -0.397 e. The van der Waals surface area contributed by atoms with Gasteiger partial charge in [0.15, 0.2) is 11.0 Å². The Labute approximate surface area is 203 Å². The zero-order valence-corrected chi connectivity index (χ0v) is 20.2. The monoisotopic (exact) mass is 479 g/mol. The van der Waals surface area contributed by atoms with Gasteiger partial charge in [0.05, 0.1) is 11.4 Å². The lowest BCUT2D eigenvalue weighted by Crippen LogP contribution is -2.35. The number of hydrogen-bond donors (Lipinski definition) is 1. The fourth-order valence-corrected chi connectivity index (χ4v) is 5.88. The zero-order chi connectivity index (χ0) is 23.7. The number of nitrogens with zero attached hydrogens (tertiary/aromatic N) is 6. The van der Waals surface area contributed by atoms with Crippen molar-refractivity contribution in [3.8, 4) is 11.4 Å². The summed E-state index contributed by atoms with van der Waals surface area (Å²) in [5.74, 6) is 2.31. The van der Waals surface area contributed by atoms with Gasteiger partial charge in [0.25, 0.3) is 0 Å². The predicted octanol–water partition coefficient (Wildman–Crippen LogP) is 3.64. The molecule has 2 atom stereocenters. The molecule has 0 saturated carbocycles. The van der Waals surface area contributed by atoms with Crippen molar-refractivity contribution in [2.24, 2.45) is 18.7 Å². The Morgan fingerprint density at radius 1 is 1.18 bits per heavy atom. The van der Waals surface area contributed by atoms with Crippen LogP contribution in [0.2, 0.25) is 0 Å². The highest BCUT2D eigenvalue weighted by molar-refractivity contribution is 7.99. The van der Waals surface area contributed by atoms with Crippen molar-refractivity contribution < 1.29 is 4.39 Å². The van der Waals surface area contributed by atoms with Crippen LogP contribution < -0.4 is 10.6 Å². The van der Waals surface area contributed by atoms with Gasteiger partial charge in [-0.1, -0.05) is 18.3 Å². The van der Waals surface area contributed by atoms with Gasteiger partial charge < -0.3 is 20.1 Å². The van der Waals surface area contributed by atoms with Crippen LogP contribution in [-0.2, 0) is 7.05 Å². The molecule has 0 aliphatic carbocycles. The van der Waals surface area contributed by atoms with Gasteiger partial charge in [-0.2, -0.15) is 0 Å². The molecule has 2 aliphatic rings. The molecule has 4 heterocycles. The molecule has 2 saturated heterocycles. The van der Waals surface area contributed by atoms with Gasteiger partial charge in [-0.15, -0.1) is 10.2 Å². The Bertz CT molecular complexity index is 1150. The predicted molar refractivity (Wildman–Crippen MR) is 135 cm³/mol. The Kier molecular flexibility index (Phi) is 6.56. The van der Waals surface area contributed by atoms with Crippen molar-refractivity contribution in [1.82, 2.24) is 24.6 Å². The van der Waals surface area contributed by atoms with E-state index >= 15 is 0 Å². The highest BCUT2D eigenvalue weighted by atomic mass is 32.2. The minimum absolute atomic E-state index is 0.174. The maximum absolute atomic E-state index is 13.3. The smallest absolute Gasteiger partial charge is 0.191 e. The van der Waals surface area contributed by atoms with Crippen molar-refractivity contribution in [1.29, 1.82) is 0 Å². The summed E-state index contributed by atoms with van der Waals surface area (Å²) in [5.41, 5.74) is 8.87. The van der Waals surface area contributed by atoms with E-state index in [-0.39, 0.29) is 5.82 Å². The molecule has 7 nitrogen and oxygen atoms in total. The second kappa shape index (κ2) is 9.76. The number of likely N-dealkylation sites (tertiary alicyclic amines) is 1. The van der Waals surface area contributed by atoms with Crippen molar-refractivity contribution in [2.75, 3.05) is 36.8 Å². The van der Waals surface area contributed by atoms with E-state index in [1.165, 1.54) is 6.42 Å². The summed E-state index contributed by atoms with van der Waals surface area (Å²) >= 11 is 1.74. The van der Waals surface area contributed by atoms with Gasteiger partial charge in [-0.25, -0.2) is 4.39 Å². The molecule has 3 aromatic rings. The number of nitrogens with two attached hydrogens (primary N) is 1. The number of aromatic nitrogens is 4. The summed E-state index contributed by atoms with van der Waals surface area (Å²) < 4.78 is 15.3. The standard InChI is InChI=1S/C25H30FN7S/c1-17(27)22-9-4-18(14-28-22)24-29-30-25(31(24)2)34-13-3-11-32-15-19-10-12-33(23(19)16-32)21-7-5-20(26)6-8-21/h4-9,14,19,23H,1,3,10-13,15-16,27H2,2H3/t19-,23+/m1/s1. The zero-order valence-electron chi connectivity index (χ0n) is 19.4. The van der Waals surface area contributed by atoms with E-state index in [0.29, 0.717) is 23.4 Å². The van der Waals surface area contributed by atoms with E-state index in [9.17, 15) is 4.39 Å². The number of thioether (sulfide) groups is 1. The summed E-state index contributed by atoms with van der Waals surface area (Å²) in [6.45, 7) is 8.10. The van der Waals surface area contributed by atoms with Crippen LogP contribution in [-0.4, -0.2) is 62.6 Å². The average Bonchev–Trinajstić information content (AvgIpc) is 3.52. The first kappa shape index (κ1) is 22.9. The Hall–Kier alpha value is -2.91. The molecular formula is C25H30FN7S. The van der Waals surface area contributed by atoms with Crippen molar-refractivity contribution in [2.45, 2.75) is 24.0 Å². The summed E-state index contributed by atoms with van der Waals surface area (Å²) in [6.07, 6.45) is 4.06. The van der Waals surface area contributed by atoms with Gasteiger partial charge in [-0.3, -0.25) is 4.98 Å². The van der Waals surface area contributed by atoms with Crippen LogP contribution in [0.3, 0.4) is 0 Å². The summed E-state index contributed by atoms with van der Waals surface area (Å²) in [7, 11) is 1.99. The third-order valence-corrected chi connectivity index (χ3v) is 7.92. The number of halogens is 1. The fraction of sp³-hybridized carbons (Fsp3) is 0.400. The van der Waals surface area contributed by atoms with Crippen molar-refractivity contribution >= 4 is 23.1 Å². The van der Waals surface area contributed by atoms with Crippen LogP contribution in [0.15, 0.2) is 54.3 Å². The van der Waals surface area contributed by atoms with Crippen molar-refractivity contribution in [3.05, 3.63) is 60.7 Å². The average molecular weight is 480 g/mol. The third kappa shape index (κ3) is 4.67. The number of fused-ring (bicyclic) bond motifs is 1. The van der Waals surface area contributed by atoms with Crippen LogP contribution in [0.4, 0.5) is 10.1 Å². The first-order valence-corrected chi connectivity index (χ1v) is 12.7. The molecule has 5 rings (SSSR count). The van der Waals surface area contributed by atoms with Gasteiger partial charge in [0.2, 0.25) is 0 Å². The lowest BCUT2D eigenvalue weighted by atomic mass is 10.1. The minimum atomic E-state index is -0.174. The van der Waals surface area contributed by atoms with Crippen LogP contribution in [0.1, 0.15) is 18.5 Å². The molecule has 2 aromatic heterocycles. The highest BCUT2D eigenvalue weighted by Crippen LogP contribution is 2.35. The number of hydrogen-bond acceptors (Lipinski definition) is 7. The molecule has 2 N–H and O–H groups in total. The van der Waals surface area contributed by atoms with Gasteiger partial charge >= 0.3 is 0 Å². The quantitative estimate of drug-likeness (QED) is 0.390. The SMILES string of the molecule is C=C(N)c1ccc(-c2nnc(SCCCN3C[C@H]4CCN(c5ccc(F)cc5)[C@H]4C3)n2C)cn1. The number of benzene rings is 1. The van der Waals surface area contributed by atoms with Gasteiger partial charge in [-0.05, 0) is 61.7 Å². The van der Waals surface area contributed by atoms with Crippen LogP contribution in [0, 0.1) is 11.7 Å². The van der Waals surface area contributed by atoms with Crippen LogP contribution >= 0.6 is 11.8 Å². The van der Waals surface area contributed by atoms with E-state index < -0.39 is 0 Å². The van der Waals surface area contributed by atoms with Gasteiger partial charge in [0.1, 0.15) is 5.82 Å². The molecule has 0 amide bonds. The van der Waals surface area contributed by atoms with Gasteiger partial charge in [0, 0.05) is 55.9 Å². The third-order valence-electron chi connectivity index (χ3n) is 6.82. The summed E-state index contributed by atoms with van der Waals surface area (Å²) in [5, 5.41) is 9.64. The van der Waals surface area contributed by atoms with E-state index in [2.05, 4.69) is 31.6 Å². The Morgan fingerprint density at radius 3 is 2.74 bits per heavy atom. The molecule has 34 heavy (non-hydrogen) atoms. The van der Waals surface area contributed by atoms with E-state index in [4.69, 9.17) is 5.73 Å². The van der Waals surface area contributed by atoms with E-state index in [1.54, 1.807) is 30.1 Å². The number of rotatable bonds is 8. The molecule has 2 aliphatic heterocycles. The number of pyridine rings is 1. The number of anilines is 1. The lowest BCUT2D eigenvalue weighted by Gasteiger charge is -2.27. The molecule has 1 aromatic carbocycles. The van der Waals surface area contributed by atoms with E-state index in [0.717, 1.165) is 60.6 Å². The van der Waals surface area contributed by atoms with Crippen LogP contribution in [0.25, 0.3) is 17.1 Å². The lowest BCUT2D eigenvalue weighted by molar-refractivity contribution is 0.319. The Morgan fingerprint density at radius 2 is 2.00 bits per heavy atom. The molecule has 0 radical (unpaired) electrons. The molecule has 178 valence electrons. The molecule has 0 bridgehead atoms. The fourth-order valence-electron chi connectivity index (χ4n) is 5.04. The van der Waals surface area contributed by atoms with Crippen molar-refractivity contribution in [3.63, 3.8) is 0 Å². The molecule has 0 unspecified atom stereocenters. The second-order valence-corrected chi connectivity index (χ2v) is 10.1. The first-order chi connectivity index (χ1) is 16.5. The molecule has 0 spiro atoms. The van der Waals surface area contributed by atoms with E-state index in [1.807, 2.05) is 35.9 Å². The molecular weight excluding hydrogens is 449 g/mol. The maximum atomic E-state index is 13.3. The molecule has 2 fully saturated rings. The van der Waals surface area contributed by atoms with Crippen LogP contribution in [0.5, 0.6) is 0 Å². The summed E-state index contributed by atoms with van der Waals surface area (Å²) in [6, 6.07) is 11.3. The second-order valence-electron chi connectivity index (χ2n) is 9.07. The first-order valence-electron chi connectivity index (χ1n) is 11.7. The normalized spacial score (nSPS) is 20.1. The Balaban J connectivity index is 1.11. The molecule has 9 heteroatoms. The topological polar surface area (TPSA) is 76.1 Å². The summed E-state index contributed by atoms with van der Waals surface area (Å²) in [4.78, 5) is 9.38.